The number of hydrogen-bond acceptors (Lipinski definition) is 1. The fourth-order valence-corrected chi connectivity index (χ4v) is 3.70. The van der Waals surface area contributed by atoms with Crippen LogP contribution in [0.1, 0.15) is 41.0 Å². The zero-order valence-electron chi connectivity index (χ0n) is 7.98. The molecule has 0 bridgehead atoms. The molecule has 0 aliphatic heterocycles. The average molecular weight is 259 g/mol. The predicted molar refractivity (Wildman–Crippen MR) is 63.2 cm³/mol. The van der Waals surface area contributed by atoms with E-state index in [1.165, 1.54) is 25.7 Å². The minimum absolute atomic E-state index is 0.690. The van der Waals surface area contributed by atoms with Crippen LogP contribution in [0.5, 0.6) is 0 Å². The van der Waals surface area contributed by atoms with Gasteiger partial charge < -0.3 is 0 Å². The van der Waals surface area contributed by atoms with Gasteiger partial charge >= 0.3 is 0 Å². The molecular weight excluding hydrogens is 244 g/mol. The summed E-state index contributed by atoms with van der Waals surface area (Å²) in [7, 11) is 0. The lowest BCUT2D eigenvalue weighted by Gasteiger charge is -2.08. The molecule has 0 spiro atoms. The van der Waals surface area contributed by atoms with E-state index in [2.05, 4.69) is 28.9 Å². The van der Waals surface area contributed by atoms with Crippen LogP contribution < -0.4 is 0 Å². The Labute approximate surface area is 92.5 Å². The van der Waals surface area contributed by atoms with Crippen molar-refractivity contribution in [1.82, 2.24) is 0 Å². The monoisotopic (exact) mass is 258 g/mol. The third-order valence-corrected chi connectivity index (χ3v) is 5.17. The van der Waals surface area contributed by atoms with Gasteiger partial charge in [0.1, 0.15) is 0 Å². The number of hydrogen-bond donors (Lipinski definition) is 0. The normalized spacial score (nSPS) is 18.3. The summed E-state index contributed by atoms with van der Waals surface area (Å²) in [6, 6.07) is 2.44. The molecule has 72 valence electrons. The van der Waals surface area contributed by atoms with Gasteiger partial charge in [0, 0.05) is 21.0 Å². The second kappa shape index (κ2) is 4.14. The zero-order valence-corrected chi connectivity index (χ0v) is 10.4. The number of thiophene rings is 1. The van der Waals surface area contributed by atoms with E-state index in [1.807, 2.05) is 11.3 Å². The molecule has 0 nitrogen and oxygen atoms in total. The van der Waals surface area contributed by atoms with Crippen molar-refractivity contribution in [3.63, 3.8) is 0 Å². The Bertz CT molecular complexity index is 267. The molecule has 1 atom stereocenters. The molecular formula is C11H15BrS. The van der Waals surface area contributed by atoms with E-state index in [9.17, 15) is 0 Å². The maximum atomic E-state index is 3.55. The second-order valence-electron chi connectivity index (χ2n) is 3.86. The molecule has 0 radical (unpaired) electrons. The Kier molecular flexibility index (Phi) is 3.10. The van der Waals surface area contributed by atoms with Crippen LogP contribution in [0.3, 0.4) is 0 Å². The number of aryl methyl sites for hydroxylation is 2. The molecule has 2 rings (SSSR count). The van der Waals surface area contributed by atoms with Crippen molar-refractivity contribution in [2.75, 3.05) is 5.33 Å². The Hall–Kier alpha value is 0.180. The number of halogens is 1. The van der Waals surface area contributed by atoms with Crippen molar-refractivity contribution in [3.8, 4) is 0 Å². The molecule has 1 unspecified atom stereocenters. The first kappa shape index (κ1) is 9.72. The van der Waals surface area contributed by atoms with Crippen molar-refractivity contribution >= 4 is 27.3 Å². The molecule has 0 amide bonds. The van der Waals surface area contributed by atoms with Crippen LogP contribution in [0.25, 0.3) is 0 Å². The molecule has 13 heavy (non-hydrogen) atoms. The number of fused-ring (bicyclic) bond motifs is 1. The average Bonchev–Trinajstić information content (AvgIpc) is 2.59. The third-order valence-electron chi connectivity index (χ3n) is 2.73. The second-order valence-corrected chi connectivity index (χ2v) is 5.68. The summed E-state index contributed by atoms with van der Waals surface area (Å²) < 4.78 is 0. The van der Waals surface area contributed by atoms with Gasteiger partial charge in [-0.15, -0.1) is 11.3 Å². The summed E-state index contributed by atoms with van der Waals surface area (Å²) in [4.78, 5) is 3.23. The molecule has 1 aromatic heterocycles. The molecule has 0 aromatic carbocycles. The van der Waals surface area contributed by atoms with Crippen molar-refractivity contribution in [1.29, 1.82) is 0 Å². The van der Waals surface area contributed by atoms with Gasteiger partial charge in [-0.25, -0.2) is 0 Å². The molecule has 1 aliphatic carbocycles. The zero-order chi connectivity index (χ0) is 9.26. The highest BCUT2D eigenvalue weighted by Gasteiger charge is 2.15. The smallest absolute Gasteiger partial charge is 0.0105 e. The fourth-order valence-electron chi connectivity index (χ4n) is 1.83. The molecule has 1 aromatic rings. The van der Waals surface area contributed by atoms with Crippen LogP contribution in [0.2, 0.25) is 0 Å². The Balaban J connectivity index is 2.25. The lowest BCUT2D eigenvalue weighted by molar-refractivity contribution is 0.696. The van der Waals surface area contributed by atoms with E-state index < -0.39 is 0 Å². The van der Waals surface area contributed by atoms with Crippen LogP contribution in [-0.2, 0) is 12.8 Å². The van der Waals surface area contributed by atoms with Crippen LogP contribution in [0.4, 0.5) is 0 Å². The quantitative estimate of drug-likeness (QED) is 0.701. The molecule has 0 fully saturated rings. The maximum absolute atomic E-state index is 3.55. The van der Waals surface area contributed by atoms with Crippen LogP contribution in [-0.4, -0.2) is 5.33 Å². The highest BCUT2D eigenvalue weighted by atomic mass is 79.9. The number of rotatable bonds is 2. The van der Waals surface area contributed by atoms with E-state index in [0.717, 1.165) is 5.33 Å². The molecule has 1 aliphatic rings. The highest BCUT2D eigenvalue weighted by molar-refractivity contribution is 9.09. The Morgan fingerprint density at radius 3 is 2.92 bits per heavy atom. The van der Waals surface area contributed by atoms with Crippen molar-refractivity contribution < 1.29 is 0 Å². The molecule has 0 N–H and O–H groups in total. The summed E-state index contributed by atoms with van der Waals surface area (Å²) >= 11 is 5.59. The molecule has 1 heterocycles. The molecule has 2 heteroatoms. The molecule has 0 saturated carbocycles. The van der Waals surface area contributed by atoms with Gasteiger partial charge in [-0.2, -0.15) is 0 Å². The van der Waals surface area contributed by atoms with E-state index in [-0.39, 0.29) is 0 Å². The largest absolute Gasteiger partial charge is 0.145 e. The summed E-state index contributed by atoms with van der Waals surface area (Å²) in [5.41, 5.74) is 1.64. The highest BCUT2D eigenvalue weighted by Crippen LogP contribution is 2.33. The topological polar surface area (TPSA) is 0 Å². The van der Waals surface area contributed by atoms with Crippen LogP contribution in [0.15, 0.2) is 6.07 Å². The van der Waals surface area contributed by atoms with Crippen LogP contribution >= 0.6 is 27.3 Å². The first-order valence-corrected chi connectivity index (χ1v) is 6.92. The van der Waals surface area contributed by atoms with Crippen molar-refractivity contribution in [2.45, 2.75) is 38.5 Å². The lowest BCUT2D eigenvalue weighted by atomic mass is 9.98. The van der Waals surface area contributed by atoms with Gasteiger partial charge in [-0.05, 0) is 37.3 Å². The lowest BCUT2D eigenvalue weighted by Crippen LogP contribution is -1.96. The van der Waals surface area contributed by atoms with Crippen molar-refractivity contribution in [2.24, 2.45) is 0 Å². The first-order chi connectivity index (χ1) is 6.31. The summed E-state index contributed by atoms with van der Waals surface area (Å²) in [5.74, 6) is 0.690. The van der Waals surface area contributed by atoms with Gasteiger partial charge in [-0.1, -0.05) is 22.9 Å². The van der Waals surface area contributed by atoms with Gasteiger partial charge in [0.05, 0.1) is 0 Å². The van der Waals surface area contributed by atoms with Gasteiger partial charge in [0.2, 0.25) is 0 Å². The van der Waals surface area contributed by atoms with E-state index >= 15 is 0 Å². The third kappa shape index (κ3) is 1.99. The van der Waals surface area contributed by atoms with Gasteiger partial charge in [-0.3, -0.25) is 0 Å². The Morgan fingerprint density at radius 2 is 2.23 bits per heavy atom. The number of alkyl halides is 1. The first-order valence-electron chi connectivity index (χ1n) is 4.98. The van der Waals surface area contributed by atoms with E-state index in [0.29, 0.717) is 5.92 Å². The Morgan fingerprint density at radius 1 is 1.46 bits per heavy atom. The molecule has 0 saturated heterocycles. The van der Waals surface area contributed by atoms with Crippen LogP contribution in [0, 0.1) is 0 Å². The predicted octanol–water partition coefficient (Wildman–Crippen LogP) is 4.13. The SMILES string of the molecule is CC(CBr)c1cc2c(s1)CCCC2. The summed E-state index contributed by atoms with van der Waals surface area (Å²) in [6.07, 6.45) is 5.44. The summed E-state index contributed by atoms with van der Waals surface area (Å²) in [5, 5.41) is 1.09. The van der Waals surface area contributed by atoms with E-state index in [1.54, 1.807) is 15.3 Å². The standard InChI is InChI=1S/C11H15BrS/c1-8(7-12)11-6-9-4-2-3-5-10(9)13-11/h6,8H,2-5,7H2,1H3. The van der Waals surface area contributed by atoms with Crippen molar-refractivity contribution in [3.05, 3.63) is 21.4 Å². The van der Waals surface area contributed by atoms with E-state index in [4.69, 9.17) is 0 Å². The maximum Gasteiger partial charge on any atom is 0.0105 e. The summed E-state index contributed by atoms with van der Waals surface area (Å²) in [6.45, 7) is 2.30. The van der Waals surface area contributed by atoms with Gasteiger partial charge in [0.15, 0.2) is 0 Å². The fraction of sp³-hybridized carbons (Fsp3) is 0.636. The minimum Gasteiger partial charge on any atom is -0.145 e. The van der Waals surface area contributed by atoms with Gasteiger partial charge in [0.25, 0.3) is 0 Å². The minimum atomic E-state index is 0.690.